The van der Waals surface area contributed by atoms with Crippen molar-refractivity contribution in [3.63, 3.8) is 0 Å². The summed E-state index contributed by atoms with van der Waals surface area (Å²) in [6.07, 6.45) is 1.27. The second kappa shape index (κ2) is 6.64. The van der Waals surface area contributed by atoms with Gasteiger partial charge in [-0.2, -0.15) is 0 Å². The Balaban J connectivity index is 1.89. The Morgan fingerprint density at radius 1 is 1.35 bits per heavy atom. The molecule has 0 N–H and O–H groups in total. The fraction of sp³-hybridized carbons (Fsp3) is 0.588. The van der Waals surface area contributed by atoms with Crippen LogP contribution in [-0.2, 0) is 14.3 Å². The highest BCUT2D eigenvalue weighted by atomic mass is 16.7. The van der Waals surface area contributed by atoms with Crippen LogP contribution in [0.2, 0.25) is 0 Å². The SMILES string of the molecule is CN1C2COCCN2C(=O)c2c(OCOC(=O)C(C)(C)C)c(=O)ccn21. The highest BCUT2D eigenvalue weighted by molar-refractivity contribution is 5.96. The maximum atomic E-state index is 12.9. The molecule has 1 fully saturated rings. The molecule has 0 radical (unpaired) electrons. The predicted molar refractivity (Wildman–Crippen MR) is 91.5 cm³/mol. The number of likely N-dealkylation sites (N-methyl/N-ethyl adjacent to an activating group) is 1. The van der Waals surface area contributed by atoms with Gasteiger partial charge in [-0.05, 0) is 20.8 Å². The van der Waals surface area contributed by atoms with Gasteiger partial charge < -0.3 is 19.1 Å². The number of rotatable bonds is 3. The number of carbonyl (C=O) groups is 2. The first-order chi connectivity index (χ1) is 12.2. The largest absolute Gasteiger partial charge is 0.451 e. The van der Waals surface area contributed by atoms with Crippen molar-refractivity contribution in [2.24, 2.45) is 5.41 Å². The number of fused-ring (bicyclic) bond motifs is 2. The van der Waals surface area contributed by atoms with Crippen LogP contribution in [-0.4, -0.2) is 61.2 Å². The van der Waals surface area contributed by atoms with Crippen molar-refractivity contribution in [1.82, 2.24) is 9.58 Å². The Hall–Kier alpha value is -2.55. The molecule has 3 heterocycles. The Kier molecular flexibility index (Phi) is 4.66. The van der Waals surface area contributed by atoms with Gasteiger partial charge in [0.25, 0.3) is 5.91 Å². The molecule has 1 unspecified atom stereocenters. The topological polar surface area (TPSA) is 90.3 Å². The van der Waals surface area contributed by atoms with Crippen molar-refractivity contribution in [3.8, 4) is 5.75 Å². The van der Waals surface area contributed by atoms with E-state index in [4.69, 9.17) is 14.2 Å². The number of ether oxygens (including phenoxy) is 3. The number of esters is 1. The molecular weight excluding hydrogens is 342 g/mol. The lowest BCUT2D eigenvalue weighted by molar-refractivity contribution is -0.159. The Bertz CT molecular complexity index is 782. The lowest BCUT2D eigenvalue weighted by atomic mass is 9.98. The van der Waals surface area contributed by atoms with Gasteiger partial charge in [-0.3, -0.25) is 24.1 Å². The van der Waals surface area contributed by atoms with E-state index in [1.54, 1.807) is 37.4 Å². The molecule has 0 spiro atoms. The van der Waals surface area contributed by atoms with Gasteiger partial charge >= 0.3 is 5.97 Å². The number of morpholine rings is 1. The number of hydrogen-bond acceptors (Lipinski definition) is 7. The summed E-state index contributed by atoms with van der Waals surface area (Å²) in [5.74, 6) is -0.902. The predicted octanol–water partition coefficient (Wildman–Crippen LogP) is 0.154. The average molecular weight is 365 g/mol. The minimum Gasteiger partial charge on any atom is -0.451 e. The summed E-state index contributed by atoms with van der Waals surface area (Å²) in [6, 6.07) is 1.31. The van der Waals surface area contributed by atoms with Crippen LogP contribution in [0.1, 0.15) is 31.3 Å². The maximum absolute atomic E-state index is 12.9. The van der Waals surface area contributed by atoms with Crippen molar-refractivity contribution < 1.29 is 23.8 Å². The van der Waals surface area contributed by atoms with Crippen molar-refractivity contribution in [2.75, 3.05) is 38.6 Å². The number of aromatic nitrogens is 1. The second-order valence-electron chi connectivity index (χ2n) is 7.27. The van der Waals surface area contributed by atoms with E-state index in [0.29, 0.717) is 19.8 Å². The average Bonchev–Trinajstić information content (AvgIpc) is 2.60. The van der Waals surface area contributed by atoms with E-state index >= 15 is 0 Å². The van der Waals surface area contributed by atoms with Gasteiger partial charge in [-0.1, -0.05) is 0 Å². The third kappa shape index (κ3) is 3.14. The fourth-order valence-corrected chi connectivity index (χ4v) is 2.88. The third-order valence-corrected chi connectivity index (χ3v) is 4.38. The molecule has 0 saturated carbocycles. The molecule has 1 aromatic rings. The standard InChI is InChI=1S/C17H23N3O6/c1-17(2,3)16(23)26-10-25-14-11(21)5-6-20-13(14)15(22)19-7-8-24-9-12(19)18(20)4/h5-6,12H,7-10H2,1-4H3. The number of hydrogen-bond donors (Lipinski definition) is 0. The second-order valence-corrected chi connectivity index (χ2v) is 7.27. The van der Waals surface area contributed by atoms with Gasteiger partial charge in [0.1, 0.15) is 6.17 Å². The van der Waals surface area contributed by atoms with Crippen molar-refractivity contribution in [1.29, 1.82) is 0 Å². The van der Waals surface area contributed by atoms with Crippen LogP contribution >= 0.6 is 0 Å². The van der Waals surface area contributed by atoms with E-state index in [2.05, 4.69) is 0 Å². The van der Waals surface area contributed by atoms with E-state index in [0.717, 1.165) is 0 Å². The first-order valence-corrected chi connectivity index (χ1v) is 8.39. The van der Waals surface area contributed by atoms with E-state index in [-0.39, 0.29) is 23.5 Å². The minimum atomic E-state index is -0.689. The van der Waals surface area contributed by atoms with Crippen LogP contribution in [0.4, 0.5) is 0 Å². The lowest BCUT2D eigenvalue weighted by Crippen LogP contribution is -2.64. The van der Waals surface area contributed by atoms with Crippen LogP contribution in [0, 0.1) is 5.41 Å². The molecule has 0 bridgehead atoms. The summed E-state index contributed by atoms with van der Waals surface area (Å²) >= 11 is 0. The first kappa shape index (κ1) is 18.2. The quantitative estimate of drug-likeness (QED) is 0.556. The zero-order valence-corrected chi connectivity index (χ0v) is 15.4. The molecule has 1 aromatic heterocycles. The molecule has 3 rings (SSSR count). The zero-order chi connectivity index (χ0) is 19.1. The van der Waals surface area contributed by atoms with Crippen molar-refractivity contribution >= 4 is 11.9 Å². The van der Waals surface area contributed by atoms with Crippen LogP contribution in [0.3, 0.4) is 0 Å². The molecule has 2 aliphatic heterocycles. The number of pyridine rings is 1. The summed E-state index contributed by atoms with van der Waals surface area (Å²) < 4.78 is 17.5. The summed E-state index contributed by atoms with van der Waals surface area (Å²) in [5.41, 5.74) is -1.02. The van der Waals surface area contributed by atoms with Crippen LogP contribution in [0.15, 0.2) is 17.1 Å². The van der Waals surface area contributed by atoms with Gasteiger partial charge in [0, 0.05) is 25.9 Å². The maximum Gasteiger partial charge on any atom is 0.314 e. The molecule has 142 valence electrons. The monoisotopic (exact) mass is 365 g/mol. The summed E-state index contributed by atoms with van der Waals surface area (Å²) in [5, 5.41) is 1.81. The molecule has 2 aliphatic rings. The normalized spacial score (nSPS) is 19.7. The van der Waals surface area contributed by atoms with Gasteiger partial charge in [0.15, 0.2) is 5.69 Å². The molecule has 1 saturated heterocycles. The third-order valence-electron chi connectivity index (χ3n) is 4.38. The molecule has 0 aliphatic carbocycles. The van der Waals surface area contributed by atoms with E-state index < -0.39 is 23.6 Å². The molecule has 1 atom stereocenters. The van der Waals surface area contributed by atoms with E-state index in [9.17, 15) is 14.4 Å². The Labute approximate surface area is 151 Å². The molecular formula is C17H23N3O6. The molecule has 9 nitrogen and oxygen atoms in total. The minimum absolute atomic E-state index is 0.116. The highest BCUT2D eigenvalue weighted by Gasteiger charge is 2.40. The van der Waals surface area contributed by atoms with Gasteiger partial charge in [-0.15, -0.1) is 0 Å². The summed E-state index contributed by atoms with van der Waals surface area (Å²) in [6.45, 7) is 5.95. The Morgan fingerprint density at radius 3 is 2.77 bits per heavy atom. The zero-order valence-electron chi connectivity index (χ0n) is 15.4. The molecule has 0 aromatic carbocycles. The molecule has 9 heteroatoms. The van der Waals surface area contributed by atoms with Gasteiger partial charge in [0.05, 0.1) is 18.6 Å². The number of nitrogens with zero attached hydrogens (tertiary/aromatic N) is 3. The molecule has 1 amide bonds. The van der Waals surface area contributed by atoms with E-state index in [1.807, 2.05) is 5.01 Å². The van der Waals surface area contributed by atoms with Crippen LogP contribution in [0.25, 0.3) is 0 Å². The van der Waals surface area contributed by atoms with Crippen LogP contribution in [0.5, 0.6) is 5.75 Å². The van der Waals surface area contributed by atoms with Crippen molar-refractivity contribution in [3.05, 3.63) is 28.2 Å². The van der Waals surface area contributed by atoms with Gasteiger partial charge in [-0.25, -0.2) is 0 Å². The lowest BCUT2D eigenvalue weighted by Gasteiger charge is -2.46. The van der Waals surface area contributed by atoms with Crippen LogP contribution < -0.4 is 15.2 Å². The summed E-state index contributed by atoms with van der Waals surface area (Å²) in [4.78, 5) is 38.7. The molecule has 26 heavy (non-hydrogen) atoms. The van der Waals surface area contributed by atoms with Crippen molar-refractivity contribution in [2.45, 2.75) is 26.9 Å². The fourth-order valence-electron chi connectivity index (χ4n) is 2.88. The Morgan fingerprint density at radius 2 is 2.08 bits per heavy atom. The summed E-state index contributed by atoms with van der Waals surface area (Å²) in [7, 11) is 1.80. The first-order valence-electron chi connectivity index (χ1n) is 8.39. The number of amides is 1. The highest BCUT2D eigenvalue weighted by Crippen LogP contribution is 2.25. The van der Waals surface area contributed by atoms with E-state index in [1.165, 1.54) is 12.3 Å². The smallest absolute Gasteiger partial charge is 0.314 e. The number of carbonyl (C=O) groups excluding carboxylic acids is 2. The van der Waals surface area contributed by atoms with Gasteiger partial charge in [0.2, 0.25) is 18.0 Å².